The van der Waals surface area contributed by atoms with Crippen LogP contribution in [-0.4, -0.2) is 4.98 Å². The van der Waals surface area contributed by atoms with Gasteiger partial charge in [0.15, 0.2) is 0 Å². The predicted octanol–water partition coefficient (Wildman–Crippen LogP) is 2.59. The molecule has 0 fully saturated rings. The lowest BCUT2D eigenvalue weighted by Gasteiger charge is -2.36. The molecule has 0 aliphatic carbocycles. The molecule has 4 nitrogen and oxygen atoms in total. The van der Waals surface area contributed by atoms with Gasteiger partial charge in [0.05, 0.1) is 6.04 Å². The quantitative estimate of drug-likeness (QED) is 0.597. The smallest absolute Gasteiger partial charge is 0.128 e. The summed E-state index contributed by atoms with van der Waals surface area (Å²) in [4.78, 5) is 4.15. The topological polar surface area (TPSA) is 77.0 Å². The van der Waals surface area contributed by atoms with Crippen molar-refractivity contribution in [3.05, 3.63) is 59.0 Å². The first-order chi connectivity index (χ1) is 9.87. The van der Waals surface area contributed by atoms with E-state index in [0.29, 0.717) is 5.82 Å². The minimum atomic E-state index is -0.385. The summed E-state index contributed by atoms with van der Waals surface area (Å²) in [5.74, 6) is 5.98. The van der Waals surface area contributed by atoms with Gasteiger partial charge in [0.25, 0.3) is 0 Å². The number of nitrogens with two attached hydrogens (primary N) is 2. The zero-order chi connectivity index (χ0) is 15.6. The first kappa shape index (κ1) is 15.4. The fourth-order valence-electron chi connectivity index (χ4n) is 2.66. The Morgan fingerprint density at radius 2 is 1.81 bits per heavy atom. The molecular formula is C16H21FN4. The molecule has 21 heavy (non-hydrogen) atoms. The van der Waals surface area contributed by atoms with E-state index in [9.17, 15) is 4.39 Å². The van der Waals surface area contributed by atoms with Crippen LogP contribution in [0.4, 0.5) is 10.2 Å². The molecule has 0 aliphatic rings. The molecule has 1 aromatic carbocycles. The van der Waals surface area contributed by atoms with Crippen LogP contribution < -0.4 is 17.0 Å². The highest BCUT2D eigenvalue weighted by Crippen LogP contribution is 2.39. The Bertz CT molecular complexity index is 602. The predicted molar refractivity (Wildman–Crippen MR) is 82.9 cm³/mol. The van der Waals surface area contributed by atoms with Crippen molar-refractivity contribution in [2.24, 2.45) is 5.84 Å². The summed E-state index contributed by atoms with van der Waals surface area (Å²) in [6, 6.07) is 8.09. The second kappa shape index (κ2) is 5.79. The third kappa shape index (κ3) is 2.89. The number of nitrogen functional groups attached to an aromatic ring is 1. The molecule has 1 aromatic heterocycles. The van der Waals surface area contributed by atoms with Crippen molar-refractivity contribution in [2.45, 2.75) is 32.2 Å². The van der Waals surface area contributed by atoms with Gasteiger partial charge >= 0.3 is 0 Å². The maximum atomic E-state index is 13.1. The third-order valence-corrected chi connectivity index (χ3v) is 4.00. The van der Waals surface area contributed by atoms with E-state index in [-0.39, 0.29) is 17.3 Å². The normalized spacial score (nSPS) is 13.2. The van der Waals surface area contributed by atoms with Crippen molar-refractivity contribution in [1.29, 1.82) is 0 Å². The fourth-order valence-corrected chi connectivity index (χ4v) is 2.66. The largest absolute Gasteiger partial charge is 0.383 e. The molecule has 0 aliphatic heterocycles. The van der Waals surface area contributed by atoms with Crippen LogP contribution in [0.2, 0.25) is 0 Å². The molecule has 0 spiro atoms. The van der Waals surface area contributed by atoms with Crippen LogP contribution in [0.15, 0.2) is 36.5 Å². The molecule has 1 heterocycles. The molecule has 0 saturated carbocycles. The van der Waals surface area contributed by atoms with Crippen LogP contribution in [-0.2, 0) is 5.41 Å². The van der Waals surface area contributed by atoms with Gasteiger partial charge in [0.1, 0.15) is 11.6 Å². The lowest BCUT2D eigenvalue weighted by Crippen LogP contribution is -2.42. The number of nitrogens with zero attached hydrogens (tertiary/aromatic N) is 1. The summed E-state index contributed by atoms with van der Waals surface area (Å²) in [6.07, 6.45) is 1.67. The maximum absolute atomic E-state index is 13.1. The van der Waals surface area contributed by atoms with Gasteiger partial charge in [-0.25, -0.2) is 9.37 Å². The number of aromatic nitrogens is 1. The van der Waals surface area contributed by atoms with E-state index < -0.39 is 0 Å². The van der Waals surface area contributed by atoms with Crippen LogP contribution in [0.25, 0.3) is 0 Å². The van der Waals surface area contributed by atoms with Gasteiger partial charge < -0.3 is 5.73 Å². The number of hydrogen-bond donors (Lipinski definition) is 3. The van der Waals surface area contributed by atoms with Gasteiger partial charge in [-0.15, -0.1) is 0 Å². The highest BCUT2D eigenvalue weighted by Gasteiger charge is 2.34. The number of benzene rings is 1. The molecular weight excluding hydrogens is 267 g/mol. The van der Waals surface area contributed by atoms with Crippen molar-refractivity contribution in [2.75, 3.05) is 5.73 Å². The summed E-state index contributed by atoms with van der Waals surface area (Å²) < 4.78 is 13.1. The Kier molecular flexibility index (Phi) is 4.25. The fraction of sp³-hybridized carbons (Fsp3) is 0.312. The van der Waals surface area contributed by atoms with E-state index in [1.54, 1.807) is 18.3 Å². The van der Waals surface area contributed by atoms with Gasteiger partial charge in [-0.2, -0.15) is 0 Å². The van der Waals surface area contributed by atoms with Crippen molar-refractivity contribution in [3.8, 4) is 0 Å². The van der Waals surface area contributed by atoms with Crippen LogP contribution in [0.1, 0.15) is 36.6 Å². The summed E-state index contributed by atoms with van der Waals surface area (Å²) >= 11 is 0. The van der Waals surface area contributed by atoms with Crippen molar-refractivity contribution in [3.63, 3.8) is 0 Å². The molecule has 112 valence electrons. The number of halogens is 1. The van der Waals surface area contributed by atoms with Crippen LogP contribution in [0.3, 0.4) is 0 Å². The number of hydrazine groups is 1. The second-order valence-corrected chi connectivity index (χ2v) is 5.76. The molecule has 2 aromatic rings. The zero-order valence-electron chi connectivity index (χ0n) is 12.5. The summed E-state index contributed by atoms with van der Waals surface area (Å²) in [6.45, 7) is 6.05. The van der Waals surface area contributed by atoms with Crippen LogP contribution in [0, 0.1) is 12.7 Å². The number of rotatable bonds is 4. The van der Waals surface area contributed by atoms with Crippen LogP contribution >= 0.6 is 0 Å². The van der Waals surface area contributed by atoms with E-state index >= 15 is 0 Å². The van der Waals surface area contributed by atoms with Gasteiger partial charge in [-0.3, -0.25) is 11.3 Å². The van der Waals surface area contributed by atoms with E-state index in [2.05, 4.69) is 10.4 Å². The number of hydrogen-bond acceptors (Lipinski definition) is 4. The lowest BCUT2D eigenvalue weighted by atomic mass is 9.74. The molecule has 0 amide bonds. The number of anilines is 1. The Balaban J connectivity index is 2.51. The van der Waals surface area contributed by atoms with Crippen LogP contribution in [0.5, 0.6) is 0 Å². The Hall–Kier alpha value is -1.98. The maximum Gasteiger partial charge on any atom is 0.128 e. The molecule has 0 saturated heterocycles. The molecule has 0 bridgehead atoms. The third-order valence-electron chi connectivity index (χ3n) is 4.00. The zero-order valence-corrected chi connectivity index (χ0v) is 12.5. The van der Waals surface area contributed by atoms with E-state index in [4.69, 9.17) is 11.6 Å². The molecule has 5 N–H and O–H groups in total. The molecule has 1 unspecified atom stereocenters. The first-order valence-electron chi connectivity index (χ1n) is 6.81. The summed E-state index contributed by atoms with van der Waals surface area (Å²) in [5.41, 5.74) is 11.3. The highest BCUT2D eigenvalue weighted by molar-refractivity contribution is 5.48. The van der Waals surface area contributed by atoms with E-state index in [1.165, 1.54) is 12.1 Å². The highest BCUT2D eigenvalue weighted by atomic mass is 19.1. The summed E-state index contributed by atoms with van der Waals surface area (Å²) in [7, 11) is 0. The van der Waals surface area contributed by atoms with Gasteiger partial charge in [0.2, 0.25) is 0 Å². The Morgan fingerprint density at radius 1 is 1.19 bits per heavy atom. The van der Waals surface area contributed by atoms with Gasteiger partial charge in [-0.05, 0) is 36.2 Å². The first-order valence-corrected chi connectivity index (χ1v) is 6.81. The number of aryl methyl sites for hydroxylation is 1. The van der Waals surface area contributed by atoms with Crippen molar-refractivity contribution >= 4 is 5.82 Å². The Morgan fingerprint density at radius 3 is 2.33 bits per heavy atom. The molecule has 5 heteroatoms. The number of pyridine rings is 1. The van der Waals surface area contributed by atoms with Crippen molar-refractivity contribution in [1.82, 2.24) is 10.4 Å². The molecule has 0 radical (unpaired) electrons. The SMILES string of the molecule is Cc1ccnc(N)c1C(NN)C(C)(C)c1ccc(F)cc1. The lowest BCUT2D eigenvalue weighted by molar-refractivity contribution is 0.351. The van der Waals surface area contributed by atoms with E-state index in [0.717, 1.165) is 16.7 Å². The monoisotopic (exact) mass is 288 g/mol. The second-order valence-electron chi connectivity index (χ2n) is 5.76. The van der Waals surface area contributed by atoms with Crippen molar-refractivity contribution < 1.29 is 4.39 Å². The molecule has 2 rings (SSSR count). The average molecular weight is 288 g/mol. The number of nitrogens with one attached hydrogen (secondary N) is 1. The van der Waals surface area contributed by atoms with Gasteiger partial charge in [-0.1, -0.05) is 26.0 Å². The Labute approximate surface area is 124 Å². The van der Waals surface area contributed by atoms with E-state index in [1.807, 2.05) is 26.8 Å². The van der Waals surface area contributed by atoms with Gasteiger partial charge in [0, 0.05) is 17.2 Å². The minimum absolute atomic E-state index is 0.239. The molecule has 1 atom stereocenters. The average Bonchev–Trinajstić information content (AvgIpc) is 2.43. The standard InChI is InChI=1S/C16H21FN4/c1-10-8-9-20-15(18)13(10)14(21-19)16(2,3)11-4-6-12(17)7-5-11/h4-9,14,21H,19H2,1-3H3,(H2,18,20). The summed E-state index contributed by atoms with van der Waals surface area (Å²) in [5, 5.41) is 0. The minimum Gasteiger partial charge on any atom is -0.383 e.